The predicted octanol–water partition coefficient (Wildman–Crippen LogP) is 3.89. The zero-order valence-corrected chi connectivity index (χ0v) is 17.3. The van der Waals surface area contributed by atoms with Crippen molar-refractivity contribution in [2.45, 2.75) is 47.1 Å². The second-order valence-corrected chi connectivity index (χ2v) is 9.87. The Hall–Kier alpha value is -1.62. The van der Waals surface area contributed by atoms with E-state index in [1.807, 2.05) is 30.3 Å². The third kappa shape index (κ3) is 3.73. The van der Waals surface area contributed by atoms with E-state index in [1.165, 1.54) is 6.42 Å². The topological polar surface area (TPSA) is 44.4 Å². The van der Waals surface area contributed by atoms with Gasteiger partial charge in [0.15, 0.2) is 5.11 Å². The predicted molar refractivity (Wildman–Crippen MR) is 111 cm³/mol. The Morgan fingerprint density at radius 2 is 1.77 bits per heavy atom. The number of nitrogens with zero attached hydrogens (tertiary/aromatic N) is 1. The Bertz CT molecular complexity index is 666. The number of fused-ring (bicyclic) bond motifs is 2. The van der Waals surface area contributed by atoms with Gasteiger partial charge in [0.2, 0.25) is 5.91 Å². The van der Waals surface area contributed by atoms with Crippen molar-refractivity contribution in [1.82, 2.24) is 10.2 Å². The summed E-state index contributed by atoms with van der Waals surface area (Å²) in [6.07, 6.45) is 1.26. The summed E-state index contributed by atoms with van der Waals surface area (Å²) in [6.45, 7) is 12.7. The van der Waals surface area contributed by atoms with Crippen LogP contribution in [0.5, 0.6) is 0 Å². The highest BCUT2D eigenvalue weighted by molar-refractivity contribution is 7.80. The van der Waals surface area contributed by atoms with Crippen LogP contribution in [0.25, 0.3) is 0 Å². The summed E-state index contributed by atoms with van der Waals surface area (Å²) < 4.78 is 0. The maximum Gasteiger partial charge on any atom is 0.245 e. The Labute approximate surface area is 162 Å². The molecule has 26 heavy (non-hydrogen) atoms. The zero-order chi connectivity index (χ0) is 19.1. The molecule has 0 radical (unpaired) electrons. The second kappa shape index (κ2) is 6.84. The minimum Gasteiger partial charge on any atom is -0.350 e. The van der Waals surface area contributed by atoms with Crippen molar-refractivity contribution in [2.24, 2.45) is 22.7 Å². The number of anilines is 1. The van der Waals surface area contributed by atoms with Gasteiger partial charge < -0.3 is 15.5 Å². The highest BCUT2D eigenvalue weighted by Gasteiger charge is 2.54. The summed E-state index contributed by atoms with van der Waals surface area (Å²) in [5, 5.41) is 6.96. The molecule has 1 aromatic carbocycles. The van der Waals surface area contributed by atoms with Gasteiger partial charge in [0.1, 0.15) is 6.04 Å². The second-order valence-electron chi connectivity index (χ2n) is 9.46. The van der Waals surface area contributed by atoms with E-state index in [0.29, 0.717) is 22.4 Å². The molecule has 2 bridgehead atoms. The lowest BCUT2D eigenvalue weighted by molar-refractivity contribution is -0.155. The molecule has 2 saturated heterocycles. The molecule has 2 heterocycles. The molecule has 4 rings (SSSR count). The van der Waals surface area contributed by atoms with Crippen molar-refractivity contribution in [2.75, 3.05) is 18.4 Å². The Kier molecular flexibility index (Phi) is 5.04. The number of amides is 1. The normalized spacial score (nSPS) is 25.0. The number of piperidine rings is 2. The van der Waals surface area contributed by atoms with E-state index >= 15 is 0 Å². The number of carbonyl (C=O) groups is 1. The lowest BCUT2D eigenvalue weighted by Crippen LogP contribution is -2.65. The maximum absolute atomic E-state index is 13.3. The van der Waals surface area contributed by atoms with Crippen molar-refractivity contribution in [3.8, 4) is 0 Å². The van der Waals surface area contributed by atoms with Gasteiger partial charge in [0.25, 0.3) is 0 Å². The van der Waals surface area contributed by atoms with Crippen LogP contribution in [0.15, 0.2) is 30.3 Å². The van der Waals surface area contributed by atoms with Crippen LogP contribution in [0.2, 0.25) is 0 Å². The largest absolute Gasteiger partial charge is 0.350 e. The highest BCUT2D eigenvalue weighted by atomic mass is 32.1. The van der Waals surface area contributed by atoms with E-state index in [1.54, 1.807) is 0 Å². The first-order valence-electron chi connectivity index (χ1n) is 9.50. The first-order valence-corrected chi connectivity index (χ1v) is 9.91. The first kappa shape index (κ1) is 19.2. The lowest BCUT2D eigenvalue weighted by atomic mass is 9.52. The highest BCUT2D eigenvalue weighted by Crippen LogP contribution is 2.54. The number of nitrogens with one attached hydrogen (secondary N) is 2. The van der Waals surface area contributed by atoms with Gasteiger partial charge in [0, 0.05) is 18.8 Å². The number of thiocarbonyl (C=S) groups is 1. The Morgan fingerprint density at radius 1 is 1.19 bits per heavy atom. The molecule has 1 saturated carbocycles. The van der Waals surface area contributed by atoms with Gasteiger partial charge >= 0.3 is 0 Å². The van der Waals surface area contributed by atoms with Crippen molar-refractivity contribution in [3.05, 3.63) is 30.3 Å². The number of hydrogen-bond donors (Lipinski definition) is 2. The number of rotatable bonds is 3. The first-order chi connectivity index (χ1) is 12.1. The fraction of sp³-hybridized carbons (Fsp3) is 0.619. The maximum atomic E-state index is 13.3. The molecular formula is C21H31N3OS. The fourth-order valence-corrected chi connectivity index (χ4v) is 4.42. The van der Waals surface area contributed by atoms with E-state index in [2.05, 4.69) is 50.2 Å². The molecule has 2 N–H and O–H groups in total. The van der Waals surface area contributed by atoms with Crippen LogP contribution in [0.4, 0.5) is 5.69 Å². The summed E-state index contributed by atoms with van der Waals surface area (Å²) >= 11 is 5.48. The van der Waals surface area contributed by atoms with Crippen LogP contribution >= 0.6 is 12.2 Å². The molecule has 1 aliphatic carbocycles. The number of carbonyl (C=O) groups excluding carboxylic acids is 1. The van der Waals surface area contributed by atoms with Gasteiger partial charge in [-0.25, -0.2) is 0 Å². The molecule has 4 nitrogen and oxygen atoms in total. The van der Waals surface area contributed by atoms with Crippen LogP contribution in [-0.2, 0) is 4.79 Å². The van der Waals surface area contributed by atoms with Crippen LogP contribution in [0.3, 0.4) is 0 Å². The van der Waals surface area contributed by atoms with Crippen molar-refractivity contribution < 1.29 is 4.79 Å². The van der Waals surface area contributed by atoms with E-state index in [0.717, 1.165) is 18.8 Å². The van der Waals surface area contributed by atoms with E-state index in [4.69, 9.17) is 12.2 Å². The molecule has 0 spiro atoms. The number of para-hydroxylation sites is 1. The smallest absolute Gasteiger partial charge is 0.245 e. The Balaban J connectivity index is 1.67. The Morgan fingerprint density at radius 3 is 2.27 bits per heavy atom. The molecule has 1 aromatic rings. The minimum atomic E-state index is -0.341. The van der Waals surface area contributed by atoms with Gasteiger partial charge in [-0.1, -0.05) is 52.8 Å². The van der Waals surface area contributed by atoms with Gasteiger partial charge in [-0.2, -0.15) is 0 Å². The third-order valence-corrected chi connectivity index (χ3v) is 6.51. The summed E-state index contributed by atoms with van der Waals surface area (Å²) in [5.74, 6) is 1.42. The monoisotopic (exact) mass is 373 g/mol. The van der Waals surface area contributed by atoms with Gasteiger partial charge in [-0.15, -0.1) is 0 Å². The minimum absolute atomic E-state index is 0.167. The van der Waals surface area contributed by atoms with Crippen molar-refractivity contribution in [1.29, 1.82) is 0 Å². The molecule has 3 atom stereocenters. The summed E-state index contributed by atoms with van der Waals surface area (Å²) in [7, 11) is 0. The molecule has 3 fully saturated rings. The SMILES string of the molecule is CC(C)(C)[C@H](NC(=S)Nc1ccccc1)C(=O)N1C[C@H]2C[C@@H](C1)C2(C)C. The molecule has 0 aromatic heterocycles. The molecule has 2 aliphatic heterocycles. The van der Waals surface area contributed by atoms with Crippen LogP contribution < -0.4 is 10.6 Å². The van der Waals surface area contributed by atoms with E-state index < -0.39 is 0 Å². The van der Waals surface area contributed by atoms with Crippen LogP contribution in [0.1, 0.15) is 41.0 Å². The summed E-state index contributed by atoms with van der Waals surface area (Å²) in [5.41, 5.74) is 1.08. The molecule has 1 amide bonds. The molecule has 142 valence electrons. The molecule has 3 aliphatic rings. The number of benzene rings is 1. The average Bonchev–Trinajstić information content (AvgIpc) is 2.59. The quantitative estimate of drug-likeness (QED) is 0.789. The van der Waals surface area contributed by atoms with Crippen LogP contribution in [-0.4, -0.2) is 35.1 Å². The fourth-order valence-electron chi connectivity index (χ4n) is 4.18. The van der Waals surface area contributed by atoms with Crippen LogP contribution in [0, 0.1) is 22.7 Å². The third-order valence-electron chi connectivity index (χ3n) is 6.29. The lowest BCUT2D eigenvalue weighted by Gasteiger charge is -2.60. The van der Waals surface area contributed by atoms with E-state index in [-0.39, 0.29) is 17.4 Å². The van der Waals surface area contributed by atoms with Gasteiger partial charge in [-0.05, 0) is 53.4 Å². The molecule has 0 unspecified atom stereocenters. The molecule has 5 heteroatoms. The van der Waals surface area contributed by atoms with Gasteiger partial charge in [0.05, 0.1) is 0 Å². The van der Waals surface area contributed by atoms with Crippen molar-refractivity contribution in [3.63, 3.8) is 0 Å². The zero-order valence-electron chi connectivity index (χ0n) is 16.5. The summed E-state index contributed by atoms with van der Waals surface area (Å²) in [4.78, 5) is 15.3. The molecular weight excluding hydrogens is 342 g/mol. The number of hydrogen-bond acceptors (Lipinski definition) is 2. The van der Waals surface area contributed by atoms with Crippen molar-refractivity contribution >= 4 is 28.9 Å². The standard InChI is InChI=1S/C21H31N3OS/c1-20(2,3)17(23-19(26)22-16-9-7-6-8-10-16)18(25)24-12-14-11-15(13-24)21(14,4)5/h6-10,14-15,17H,11-13H2,1-5H3,(H2,22,23,26)/t14-,15+,17-/m1/s1. The van der Waals surface area contributed by atoms with Gasteiger partial charge in [-0.3, -0.25) is 4.79 Å². The summed E-state index contributed by atoms with van der Waals surface area (Å²) in [6, 6.07) is 9.46. The average molecular weight is 374 g/mol. The van der Waals surface area contributed by atoms with E-state index in [9.17, 15) is 4.79 Å².